The van der Waals surface area contributed by atoms with Crippen LogP contribution >= 0.6 is 0 Å². The quantitative estimate of drug-likeness (QED) is 0.902. The fraction of sp³-hybridized carbons (Fsp3) is 0.667. The van der Waals surface area contributed by atoms with Crippen LogP contribution in [0.4, 0.5) is 15.8 Å². The molecule has 1 aromatic rings. The zero-order chi connectivity index (χ0) is 16.7. The van der Waals surface area contributed by atoms with Gasteiger partial charge in [0.2, 0.25) is 5.91 Å². The molecular formula is C18H25FN4O. The van der Waals surface area contributed by atoms with Crippen LogP contribution < -0.4 is 10.6 Å². The second-order valence-corrected chi connectivity index (χ2v) is 7.49. The fourth-order valence-electron chi connectivity index (χ4n) is 4.84. The summed E-state index contributed by atoms with van der Waals surface area (Å²) in [6.07, 6.45) is 8.82. The van der Waals surface area contributed by atoms with Gasteiger partial charge < -0.3 is 15.5 Å². The van der Waals surface area contributed by atoms with E-state index in [1.807, 2.05) is 9.80 Å². The number of hydrogen-bond donors (Lipinski definition) is 1. The van der Waals surface area contributed by atoms with Crippen molar-refractivity contribution < 1.29 is 9.18 Å². The molecule has 3 saturated carbocycles. The molecular weight excluding hydrogens is 307 g/mol. The van der Waals surface area contributed by atoms with Crippen LogP contribution in [-0.2, 0) is 4.79 Å². The third kappa shape index (κ3) is 2.72. The molecule has 2 bridgehead atoms. The summed E-state index contributed by atoms with van der Waals surface area (Å²) in [5.41, 5.74) is 6.67. The Balaban J connectivity index is 1.40. The van der Waals surface area contributed by atoms with Crippen molar-refractivity contribution in [3.8, 4) is 0 Å². The number of amides is 1. The van der Waals surface area contributed by atoms with Gasteiger partial charge in [-0.15, -0.1) is 0 Å². The summed E-state index contributed by atoms with van der Waals surface area (Å²) in [5, 5.41) is 0. The third-order valence-corrected chi connectivity index (χ3v) is 6.17. The van der Waals surface area contributed by atoms with Gasteiger partial charge in [0.15, 0.2) is 5.82 Å². The van der Waals surface area contributed by atoms with Gasteiger partial charge in [0.1, 0.15) is 0 Å². The van der Waals surface area contributed by atoms with Gasteiger partial charge in [-0.2, -0.15) is 0 Å². The van der Waals surface area contributed by atoms with Crippen LogP contribution in [0.3, 0.4) is 0 Å². The van der Waals surface area contributed by atoms with E-state index in [0.29, 0.717) is 49.4 Å². The van der Waals surface area contributed by atoms with Crippen LogP contribution in [0.15, 0.2) is 12.4 Å². The molecule has 5 rings (SSSR count). The highest BCUT2D eigenvalue weighted by molar-refractivity contribution is 5.80. The lowest BCUT2D eigenvalue weighted by molar-refractivity contribution is -0.141. The van der Waals surface area contributed by atoms with Crippen molar-refractivity contribution in [3.63, 3.8) is 0 Å². The summed E-state index contributed by atoms with van der Waals surface area (Å²) < 4.78 is 14.0. The maximum Gasteiger partial charge on any atom is 0.226 e. The summed E-state index contributed by atoms with van der Waals surface area (Å²) in [4.78, 5) is 20.6. The number of nitrogen functional groups attached to an aromatic ring is 1. The van der Waals surface area contributed by atoms with Crippen LogP contribution in [0.2, 0.25) is 0 Å². The smallest absolute Gasteiger partial charge is 0.226 e. The molecule has 2 N–H and O–H groups in total. The number of nitrogens with two attached hydrogens (primary N) is 1. The normalized spacial score (nSPS) is 29.8. The summed E-state index contributed by atoms with van der Waals surface area (Å²) >= 11 is 0. The van der Waals surface area contributed by atoms with Gasteiger partial charge >= 0.3 is 0 Å². The van der Waals surface area contributed by atoms with E-state index in [2.05, 4.69) is 4.98 Å². The van der Waals surface area contributed by atoms with Crippen molar-refractivity contribution in [1.82, 2.24) is 9.88 Å². The van der Waals surface area contributed by atoms with Crippen LogP contribution in [0, 0.1) is 23.6 Å². The molecule has 5 nitrogen and oxygen atoms in total. The second kappa shape index (κ2) is 6.22. The maximum atomic E-state index is 14.0. The summed E-state index contributed by atoms with van der Waals surface area (Å²) in [7, 11) is 0. The molecule has 1 unspecified atom stereocenters. The lowest BCUT2D eigenvalue weighted by Gasteiger charge is -2.45. The number of carbonyl (C=O) groups is 1. The topological polar surface area (TPSA) is 62.5 Å². The number of halogens is 1. The molecule has 3 aliphatic carbocycles. The fourth-order valence-corrected chi connectivity index (χ4v) is 4.84. The number of hydrogen-bond acceptors (Lipinski definition) is 4. The number of fused-ring (bicyclic) bond motifs is 3. The van der Waals surface area contributed by atoms with Gasteiger partial charge in [0.05, 0.1) is 23.8 Å². The Morgan fingerprint density at radius 3 is 2.42 bits per heavy atom. The van der Waals surface area contributed by atoms with Crippen LogP contribution in [0.1, 0.15) is 32.1 Å². The Labute approximate surface area is 142 Å². The van der Waals surface area contributed by atoms with E-state index >= 15 is 0 Å². The van der Waals surface area contributed by atoms with Gasteiger partial charge in [-0.3, -0.25) is 9.78 Å². The lowest BCUT2D eigenvalue weighted by Crippen LogP contribution is -2.52. The zero-order valence-electron chi connectivity index (χ0n) is 14.0. The first-order valence-electron chi connectivity index (χ1n) is 9.06. The molecule has 1 aliphatic heterocycles. The average Bonchev–Trinajstić information content (AvgIpc) is 2.62. The number of carbonyl (C=O) groups excluding carboxylic acids is 1. The number of pyridine rings is 1. The average molecular weight is 332 g/mol. The summed E-state index contributed by atoms with van der Waals surface area (Å²) in [6.45, 7) is 2.54. The molecule has 0 aromatic carbocycles. The van der Waals surface area contributed by atoms with Crippen molar-refractivity contribution in [3.05, 3.63) is 18.2 Å². The van der Waals surface area contributed by atoms with Crippen LogP contribution in [-0.4, -0.2) is 42.0 Å². The van der Waals surface area contributed by atoms with E-state index in [4.69, 9.17) is 5.73 Å². The zero-order valence-corrected chi connectivity index (χ0v) is 14.0. The van der Waals surface area contributed by atoms with E-state index in [9.17, 15) is 9.18 Å². The van der Waals surface area contributed by atoms with Crippen molar-refractivity contribution in [2.45, 2.75) is 32.1 Å². The largest absolute Gasteiger partial charge is 0.396 e. The highest BCUT2D eigenvalue weighted by atomic mass is 19.1. The molecule has 0 spiro atoms. The van der Waals surface area contributed by atoms with E-state index in [1.54, 1.807) is 0 Å². The highest BCUT2D eigenvalue weighted by Gasteiger charge is 2.41. The number of rotatable bonds is 2. The molecule has 130 valence electrons. The summed E-state index contributed by atoms with van der Waals surface area (Å²) in [6, 6.07) is 0. The Bertz CT molecular complexity index is 601. The van der Waals surface area contributed by atoms with Crippen molar-refractivity contribution in [2.24, 2.45) is 17.8 Å². The highest BCUT2D eigenvalue weighted by Crippen LogP contribution is 2.45. The van der Waals surface area contributed by atoms with Gasteiger partial charge in [-0.1, -0.05) is 12.8 Å². The molecule has 1 atom stereocenters. The molecule has 1 amide bonds. The predicted octanol–water partition coefficient (Wildman–Crippen LogP) is 2.28. The molecule has 0 radical (unpaired) electrons. The monoisotopic (exact) mass is 332 g/mol. The molecule has 6 heteroatoms. The Hall–Kier alpha value is -1.85. The van der Waals surface area contributed by atoms with Crippen molar-refractivity contribution >= 4 is 17.3 Å². The molecule has 2 heterocycles. The third-order valence-electron chi connectivity index (χ3n) is 6.17. The van der Waals surface area contributed by atoms with E-state index in [1.165, 1.54) is 38.1 Å². The van der Waals surface area contributed by atoms with E-state index in [-0.39, 0.29) is 11.7 Å². The first-order valence-corrected chi connectivity index (χ1v) is 9.06. The van der Waals surface area contributed by atoms with Crippen LogP contribution in [0.5, 0.6) is 0 Å². The molecule has 1 aromatic heterocycles. The Morgan fingerprint density at radius 2 is 1.83 bits per heavy atom. The Morgan fingerprint density at radius 1 is 1.12 bits per heavy atom. The minimum absolute atomic E-state index is 0.229. The maximum absolute atomic E-state index is 14.0. The van der Waals surface area contributed by atoms with E-state index in [0.717, 1.165) is 12.3 Å². The minimum atomic E-state index is -0.389. The predicted molar refractivity (Wildman–Crippen MR) is 91.0 cm³/mol. The van der Waals surface area contributed by atoms with Gasteiger partial charge in [0, 0.05) is 32.1 Å². The molecule has 4 fully saturated rings. The van der Waals surface area contributed by atoms with Gasteiger partial charge in [-0.25, -0.2) is 4.39 Å². The lowest BCUT2D eigenvalue weighted by atomic mass is 9.64. The van der Waals surface area contributed by atoms with E-state index < -0.39 is 0 Å². The first-order chi connectivity index (χ1) is 11.6. The van der Waals surface area contributed by atoms with Crippen molar-refractivity contribution in [2.75, 3.05) is 36.8 Å². The van der Waals surface area contributed by atoms with Crippen LogP contribution in [0.25, 0.3) is 0 Å². The van der Waals surface area contributed by atoms with Gasteiger partial charge in [0.25, 0.3) is 0 Å². The van der Waals surface area contributed by atoms with Gasteiger partial charge in [-0.05, 0) is 31.1 Å². The molecule has 1 saturated heterocycles. The standard InChI is InChI=1S/C18H25FN4O/c19-15-10-21-11-16(20)17(15)22-5-7-23(8-6-22)18(24)14-9-12-1-3-13(14)4-2-12/h10-14H,1-9,20H2. The molecule has 24 heavy (non-hydrogen) atoms. The first kappa shape index (κ1) is 15.7. The number of anilines is 2. The number of nitrogens with zero attached hydrogens (tertiary/aromatic N) is 3. The number of piperazine rings is 1. The summed E-state index contributed by atoms with van der Waals surface area (Å²) in [5.74, 6) is 1.52. The van der Waals surface area contributed by atoms with Crippen molar-refractivity contribution in [1.29, 1.82) is 0 Å². The second-order valence-electron chi connectivity index (χ2n) is 7.49. The molecule has 4 aliphatic rings. The number of aromatic nitrogens is 1. The Kier molecular flexibility index (Phi) is 4.06. The minimum Gasteiger partial charge on any atom is -0.396 e. The SMILES string of the molecule is Nc1cncc(F)c1N1CCN(C(=O)C2CC3CCC2CC3)CC1.